The van der Waals surface area contributed by atoms with E-state index in [9.17, 15) is 4.79 Å². The van der Waals surface area contributed by atoms with Crippen LogP contribution in [0, 0.1) is 5.92 Å². The van der Waals surface area contributed by atoms with E-state index in [-0.39, 0.29) is 11.8 Å². The maximum Gasteiger partial charge on any atom is 0.224 e. The van der Waals surface area contributed by atoms with Crippen LogP contribution in [0.5, 0.6) is 0 Å². The third kappa shape index (κ3) is 3.98. The summed E-state index contributed by atoms with van der Waals surface area (Å²) in [4.78, 5) is 13.0. The van der Waals surface area contributed by atoms with E-state index in [1.165, 1.54) is 4.88 Å². The first-order valence-electron chi connectivity index (χ1n) is 5.98. The first-order valence-corrected chi connectivity index (χ1v) is 7.18. The molecule has 2 N–H and O–H groups in total. The normalized spacial score (nSPS) is 20.2. The molecule has 2 heterocycles. The number of piperidine rings is 1. The summed E-state index contributed by atoms with van der Waals surface area (Å²) >= 11 is 7.42. The Labute approximate surface area is 111 Å². The van der Waals surface area contributed by atoms with E-state index in [1.807, 2.05) is 12.1 Å². The standard InChI is InChI=1S/C12H17ClN2OS/c13-11-4-3-10(17-11)5-7-15-12(16)9-2-1-6-14-8-9/h3-4,9,14H,1-2,5-8H2,(H,15,16)/t9-/m0/s1. The predicted molar refractivity (Wildman–Crippen MR) is 71.6 cm³/mol. The largest absolute Gasteiger partial charge is 0.355 e. The second-order valence-electron chi connectivity index (χ2n) is 4.29. The molecule has 0 radical (unpaired) electrons. The smallest absolute Gasteiger partial charge is 0.224 e. The fraction of sp³-hybridized carbons (Fsp3) is 0.583. The molecule has 94 valence electrons. The SMILES string of the molecule is O=C(NCCc1ccc(Cl)s1)[C@H]1CCCNC1. The van der Waals surface area contributed by atoms with E-state index in [0.29, 0.717) is 6.54 Å². The molecule has 2 rings (SSSR count). The quantitative estimate of drug-likeness (QED) is 0.881. The third-order valence-corrected chi connectivity index (χ3v) is 4.26. The molecule has 17 heavy (non-hydrogen) atoms. The first kappa shape index (κ1) is 12.9. The van der Waals surface area contributed by atoms with Gasteiger partial charge in [-0.05, 0) is 37.9 Å². The number of rotatable bonds is 4. The molecule has 1 aliphatic heterocycles. The highest BCUT2D eigenvalue weighted by Crippen LogP contribution is 2.21. The molecule has 0 aliphatic carbocycles. The van der Waals surface area contributed by atoms with Crippen LogP contribution >= 0.6 is 22.9 Å². The second-order valence-corrected chi connectivity index (χ2v) is 6.09. The second kappa shape index (κ2) is 6.38. The molecule has 3 nitrogen and oxygen atoms in total. The number of thiophene rings is 1. The van der Waals surface area contributed by atoms with Crippen molar-refractivity contribution in [1.82, 2.24) is 10.6 Å². The van der Waals surface area contributed by atoms with Crippen LogP contribution in [-0.4, -0.2) is 25.5 Å². The van der Waals surface area contributed by atoms with Crippen LogP contribution in [0.15, 0.2) is 12.1 Å². The number of carbonyl (C=O) groups excluding carboxylic acids is 1. The molecule has 5 heteroatoms. The van der Waals surface area contributed by atoms with Gasteiger partial charge in [0.2, 0.25) is 5.91 Å². The Hall–Kier alpha value is -0.580. The van der Waals surface area contributed by atoms with Gasteiger partial charge >= 0.3 is 0 Å². The van der Waals surface area contributed by atoms with Crippen molar-refractivity contribution in [3.8, 4) is 0 Å². The lowest BCUT2D eigenvalue weighted by Crippen LogP contribution is -2.41. The lowest BCUT2D eigenvalue weighted by atomic mass is 9.99. The average molecular weight is 273 g/mol. The van der Waals surface area contributed by atoms with Crippen LogP contribution < -0.4 is 10.6 Å². The van der Waals surface area contributed by atoms with Crippen LogP contribution in [0.25, 0.3) is 0 Å². The third-order valence-electron chi connectivity index (χ3n) is 2.97. The molecule has 0 spiro atoms. The van der Waals surface area contributed by atoms with Crippen molar-refractivity contribution >= 4 is 28.8 Å². The monoisotopic (exact) mass is 272 g/mol. The van der Waals surface area contributed by atoms with E-state index in [4.69, 9.17) is 11.6 Å². The zero-order valence-electron chi connectivity index (χ0n) is 9.67. The summed E-state index contributed by atoms with van der Waals surface area (Å²) in [5.74, 6) is 0.329. The molecular weight excluding hydrogens is 256 g/mol. The summed E-state index contributed by atoms with van der Waals surface area (Å²) in [6.07, 6.45) is 2.96. The minimum Gasteiger partial charge on any atom is -0.355 e. The average Bonchev–Trinajstić information content (AvgIpc) is 2.76. The number of carbonyl (C=O) groups is 1. The first-order chi connectivity index (χ1) is 8.25. The van der Waals surface area contributed by atoms with Crippen molar-refractivity contribution in [2.75, 3.05) is 19.6 Å². The number of nitrogens with one attached hydrogen (secondary N) is 2. The molecule has 0 saturated carbocycles. The Morgan fingerprint density at radius 2 is 2.47 bits per heavy atom. The summed E-state index contributed by atoms with van der Waals surface area (Å²) in [5, 5.41) is 6.25. The van der Waals surface area contributed by atoms with Gasteiger partial charge in [-0.15, -0.1) is 11.3 Å². The summed E-state index contributed by atoms with van der Waals surface area (Å²) in [7, 11) is 0. The van der Waals surface area contributed by atoms with Crippen LogP contribution in [0.4, 0.5) is 0 Å². The fourth-order valence-electron chi connectivity index (χ4n) is 2.01. The minimum atomic E-state index is 0.149. The van der Waals surface area contributed by atoms with Gasteiger partial charge in [-0.25, -0.2) is 0 Å². The van der Waals surface area contributed by atoms with Crippen molar-refractivity contribution in [2.45, 2.75) is 19.3 Å². The van der Waals surface area contributed by atoms with Crippen LogP contribution in [0.3, 0.4) is 0 Å². The van der Waals surface area contributed by atoms with Crippen molar-refractivity contribution in [1.29, 1.82) is 0 Å². The zero-order chi connectivity index (χ0) is 12.1. The predicted octanol–water partition coefficient (Wildman–Crippen LogP) is 2.06. The van der Waals surface area contributed by atoms with Crippen molar-refractivity contribution in [3.63, 3.8) is 0 Å². The maximum absolute atomic E-state index is 11.8. The topological polar surface area (TPSA) is 41.1 Å². The molecule has 1 aliphatic rings. The molecule has 1 atom stereocenters. The highest BCUT2D eigenvalue weighted by Gasteiger charge is 2.20. The number of halogens is 1. The van der Waals surface area contributed by atoms with E-state index in [0.717, 1.165) is 36.7 Å². The highest BCUT2D eigenvalue weighted by atomic mass is 35.5. The van der Waals surface area contributed by atoms with Gasteiger partial charge in [0.25, 0.3) is 0 Å². The Bertz CT molecular complexity index is 374. The van der Waals surface area contributed by atoms with Gasteiger partial charge in [-0.3, -0.25) is 4.79 Å². The molecular formula is C12H17ClN2OS. The molecule has 1 fully saturated rings. The van der Waals surface area contributed by atoms with Gasteiger partial charge < -0.3 is 10.6 Å². The molecule has 0 aromatic carbocycles. The Morgan fingerprint density at radius 1 is 1.59 bits per heavy atom. The van der Waals surface area contributed by atoms with Crippen LogP contribution in [-0.2, 0) is 11.2 Å². The lowest BCUT2D eigenvalue weighted by molar-refractivity contribution is -0.125. The Kier molecular flexibility index (Phi) is 4.83. The summed E-state index contributed by atoms with van der Waals surface area (Å²) in [6, 6.07) is 3.91. The molecule has 0 unspecified atom stereocenters. The lowest BCUT2D eigenvalue weighted by Gasteiger charge is -2.21. The van der Waals surface area contributed by atoms with E-state index in [2.05, 4.69) is 10.6 Å². The highest BCUT2D eigenvalue weighted by molar-refractivity contribution is 7.16. The summed E-state index contributed by atoms with van der Waals surface area (Å²) in [5.41, 5.74) is 0. The van der Waals surface area contributed by atoms with Crippen molar-refractivity contribution in [3.05, 3.63) is 21.3 Å². The van der Waals surface area contributed by atoms with E-state index in [1.54, 1.807) is 11.3 Å². The van der Waals surface area contributed by atoms with E-state index >= 15 is 0 Å². The summed E-state index contributed by atoms with van der Waals surface area (Å²) in [6.45, 7) is 2.56. The number of amides is 1. The van der Waals surface area contributed by atoms with Gasteiger partial charge in [0.1, 0.15) is 0 Å². The maximum atomic E-state index is 11.8. The molecule has 1 aromatic rings. The number of hydrogen-bond acceptors (Lipinski definition) is 3. The van der Waals surface area contributed by atoms with Gasteiger partial charge in [-0.2, -0.15) is 0 Å². The van der Waals surface area contributed by atoms with Crippen LogP contribution in [0.1, 0.15) is 17.7 Å². The molecule has 0 bridgehead atoms. The summed E-state index contributed by atoms with van der Waals surface area (Å²) < 4.78 is 0.808. The fourth-order valence-corrected chi connectivity index (χ4v) is 3.10. The Morgan fingerprint density at radius 3 is 3.12 bits per heavy atom. The van der Waals surface area contributed by atoms with Gasteiger partial charge in [-0.1, -0.05) is 11.6 Å². The number of hydrogen-bond donors (Lipinski definition) is 2. The van der Waals surface area contributed by atoms with Crippen molar-refractivity contribution < 1.29 is 4.79 Å². The van der Waals surface area contributed by atoms with Gasteiger partial charge in [0.15, 0.2) is 0 Å². The van der Waals surface area contributed by atoms with Crippen molar-refractivity contribution in [2.24, 2.45) is 5.92 Å². The minimum absolute atomic E-state index is 0.149. The van der Waals surface area contributed by atoms with E-state index < -0.39 is 0 Å². The Balaban J connectivity index is 1.69. The van der Waals surface area contributed by atoms with Gasteiger partial charge in [0.05, 0.1) is 10.3 Å². The van der Waals surface area contributed by atoms with Crippen LogP contribution in [0.2, 0.25) is 4.34 Å². The van der Waals surface area contributed by atoms with Gasteiger partial charge in [0, 0.05) is 18.0 Å². The molecule has 1 amide bonds. The molecule has 1 saturated heterocycles. The molecule has 1 aromatic heterocycles. The zero-order valence-corrected chi connectivity index (χ0v) is 11.2.